The predicted octanol–water partition coefficient (Wildman–Crippen LogP) is 5.71. The maximum absolute atomic E-state index is 13.6. The van der Waals surface area contributed by atoms with E-state index in [1.165, 1.54) is 17.8 Å². The van der Waals surface area contributed by atoms with Gasteiger partial charge in [0.1, 0.15) is 11.3 Å². The minimum atomic E-state index is -1.11. The van der Waals surface area contributed by atoms with Gasteiger partial charge in [-0.15, -0.1) is 0 Å². The molecular weight excluding hydrogens is 582 g/mol. The minimum absolute atomic E-state index is 0.206. The van der Waals surface area contributed by atoms with Gasteiger partial charge in [-0.2, -0.15) is 9.78 Å². The molecule has 5 aromatic rings. The van der Waals surface area contributed by atoms with Crippen molar-refractivity contribution in [1.29, 1.82) is 0 Å². The van der Waals surface area contributed by atoms with Crippen LogP contribution in [0.15, 0.2) is 79.4 Å². The van der Waals surface area contributed by atoms with Gasteiger partial charge in [0.15, 0.2) is 23.4 Å². The molecule has 0 fully saturated rings. The van der Waals surface area contributed by atoms with Crippen molar-refractivity contribution < 1.29 is 28.5 Å². The molecule has 0 saturated carbocycles. The molecular formula is C29H24BrN3O7. The van der Waals surface area contributed by atoms with E-state index in [1.807, 2.05) is 12.1 Å². The molecule has 40 heavy (non-hydrogen) atoms. The van der Waals surface area contributed by atoms with Gasteiger partial charge in [-0.3, -0.25) is 4.79 Å². The van der Waals surface area contributed by atoms with Crippen LogP contribution in [0, 0.1) is 0 Å². The monoisotopic (exact) mass is 605 g/mol. The second-order valence-corrected chi connectivity index (χ2v) is 9.51. The number of fused-ring (bicyclic) bond motifs is 2. The fourth-order valence-electron chi connectivity index (χ4n) is 4.10. The molecule has 0 spiro atoms. The number of aliphatic carboxylic acids is 1. The first-order valence-corrected chi connectivity index (χ1v) is 13.1. The maximum Gasteiger partial charge on any atom is 0.344 e. The third-order valence-corrected chi connectivity index (χ3v) is 6.60. The first-order chi connectivity index (χ1) is 19.3. The van der Waals surface area contributed by atoms with Crippen molar-refractivity contribution in [3.05, 3.63) is 81.1 Å². The highest BCUT2D eigenvalue weighted by Gasteiger charge is 2.20. The van der Waals surface area contributed by atoms with Crippen molar-refractivity contribution in [2.75, 3.05) is 13.7 Å². The molecule has 0 radical (unpaired) electrons. The van der Waals surface area contributed by atoms with Gasteiger partial charge in [0.05, 0.1) is 40.7 Å². The highest BCUT2D eigenvalue weighted by atomic mass is 79.9. The number of carboxylic acids is 1. The molecule has 2 heterocycles. The number of carbonyl (C=O) groups is 1. The van der Waals surface area contributed by atoms with Gasteiger partial charge < -0.3 is 23.7 Å². The van der Waals surface area contributed by atoms with Crippen molar-refractivity contribution >= 4 is 50.0 Å². The molecule has 204 valence electrons. The van der Waals surface area contributed by atoms with Gasteiger partial charge >= 0.3 is 5.97 Å². The molecule has 10 nitrogen and oxygen atoms in total. The topological polar surface area (TPSA) is 125 Å². The molecule has 0 bridgehead atoms. The molecule has 2 aromatic heterocycles. The van der Waals surface area contributed by atoms with E-state index in [-0.39, 0.29) is 17.1 Å². The quantitative estimate of drug-likeness (QED) is 0.212. The number of aromatic nitrogens is 2. The van der Waals surface area contributed by atoms with E-state index in [4.69, 9.17) is 23.6 Å². The maximum atomic E-state index is 13.6. The van der Waals surface area contributed by atoms with Gasteiger partial charge in [0.25, 0.3) is 5.56 Å². The zero-order valence-corrected chi connectivity index (χ0v) is 23.3. The van der Waals surface area contributed by atoms with Gasteiger partial charge in [0, 0.05) is 0 Å². The molecule has 0 saturated heterocycles. The number of halogens is 1. The number of carboxylic acid groups (broad SMARTS) is 1. The summed E-state index contributed by atoms with van der Waals surface area (Å²) in [6.07, 6.45) is 0.379. The average molecular weight is 606 g/mol. The van der Waals surface area contributed by atoms with Crippen LogP contribution in [-0.4, -0.2) is 46.8 Å². The molecule has 0 aliphatic heterocycles. The standard InChI is InChI=1S/C29H24BrN3O7/c1-4-38-24-13-17(12-20(30)26(24)39-16(2)29(35)36)15-31-33-27(32-21-9-6-5-8-18(21)28(33)34)25-14-19-22(37-3)10-7-11-23(19)40-25/h5-16H,4H2,1-3H3,(H,35,36)/t16-/m1/s1. The Bertz CT molecular complexity index is 1830. The van der Waals surface area contributed by atoms with Crippen molar-refractivity contribution in [2.24, 2.45) is 5.10 Å². The molecule has 0 amide bonds. The summed E-state index contributed by atoms with van der Waals surface area (Å²) in [5.74, 6) is 0.618. The Balaban J connectivity index is 1.64. The van der Waals surface area contributed by atoms with Crippen molar-refractivity contribution in [3.63, 3.8) is 0 Å². The largest absolute Gasteiger partial charge is 0.496 e. The van der Waals surface area contributed by atoms with Crippen LogP contribution >= 0.6 is 15.9 Å². The second-order valence-electron chi connectivity index (χ2n) is 8.66. The predicted molar refractivity (Wildman–Crippen MR) is 154 cm³/mol. The van der Waals surface area contributed by atoms with Gasteiger partial charge in [0.2, 0.25) is 5.82 Å². The van der Waals surface area contributed by atoms with E-state index < -0.39 is 12.1 Å². The Morgan fingerprint density at radius 1 is 1.15 bits per heavy atom. The number of para-hydroxylation sites is 1. The van der Waals surface area contributed by atoms with Crippen LogP contribution in [0.3, 0.4) is 0 Å². The Kier molecular flexibility index (Phi) is 7.56. The molecule has 5 rings (SSSR count). The molecule has 11 heteroatoms. The number of methoxy groups -OCH3 is 1. The summed E-state index contributed by atoms with van der Waals surface area (Å²) in [6, 6.07) is 17.5. The van der Waals surface area contributed by atoms with E-state index in [0.717, 1.165) is 5.39 Å². The number of rotatable bonds is 9. The third-order valence-electron chi connectivity index (χ3n) is 6.01. The van der Waals surface area contributed by atoms with Crippen LogP contribution < -0.4 is 19.8 Å². The van der Waals surface area contributed by atoms with Crippen molar-refractivity contribution in [3.8, 4) is 28.8 Å². The summed E-state index contributed by atoms with van der Waals surface area (Å²) in [6.45, 7) is 3.54. The molecule has 0 unspecified atom stereocenters. The highest BCUT2D eigenvalue weighted by molar-refractivity contribution is 9.10. The van der Waals surface area contributed by atoms with E-state index in [1.54, 1.807) is 62.6 Å². The van der Waals surface area contributed by atoms with Crippen molar-refractivity contribution in [1.82, 2.24) is 9.66 Å². The lowest BCUT2D eigenvalue weighted by atomic mass is 10.2. The normalized spacial score (nSPS) is 12.2. The Morgan fingerprint density at radius 2 is 1.95 bits per heavy atom. The first-order valence-electron chi connectivity index (χ1n) is 12.3. The summed E-state index contributed by atoms with van der Waals surface area (Å²) in [7, 11) is 1.57. The SMILES string of the molecule is CCOc1cc(C=Nn2c(-c3cc4c(OC)cccc4o3)nc3ccccc3c2=O)cc(Br)c1O[C@H](C)C(=O)O. The average Bonchev–Trinajstić information content (AvgIpc) is 3.39. The van der Waals surface area contributed by atoms with Crippen LogP contribution in [0.5, 0.6) is 17.2 Å². The smallest absolute Gasteiger partial charge is 0.344 e. The number of ether oxygens (including phenoxy) is 3. The van der Waals surface area contributed by atoms with Gasteiger partial charge in [-0.25, -0.2) is 9.78 Å². The van der Waals surface area contributed by atoms with E-state index in [2.05, 4.69) is 21.0 Å². The lowest BCUT2D eigenvalue weighted by molar-refractivity contribution is -0.144. The van der Waals surface area contributed by atoms with E-state index >= 15 is 0 Å². The van der Waals surface area contributed by atoms with Crippen LogP contribution in [0.25, 0.3) is 33.5 Å². The summed E-state index contributed by atoms with van der Waals surface area (Å²) < 4.78 is 24.5. The van der Waals surface area contributed by atoms with E-state index in [9.17, 15) is 14.7 Å². The Morgan fingerprint density at radius 3 is 2.70 bits per heavy atom. The number of furan rings is 1. The van der Waals surface area contributed by atoms with Crippen LogP contribution in [0.1, 0.15) is 19.4 Å². The molecule has 0 aliphatic carbocycles. The fraction of sp³-hybridized carbons (Fsp3) is 0.172. The molecule has 1 atom stereocenters. The fourth-order valence-corrected chi connectivity index (χ4v) is 4.66. The number of hydrogen-bond acceptors (Lipinski definition) is 8. The molecule has 1 N–H and O–H groups in total. The van der Waals surface area contributed by atoms with E-state index in [0.29, 0.717) is 50.4 Å². The second kappa shape index (κ2) is 11.2. The van der Waals surface area contributed by atoms with Crippen LogP contribution in [0.4, 0.5) is 0 Å². The molecule has 3 aromatic carbocycles. The summed E-state index contributed by atoms with van der Waals surface area (Å²) in [5.41, 5.74) is 1.24. The van der Waals surface area contributed by atoms with Gasteiger partial charge in [-0.05, 0) is 77.8 Å². The summed E-state index contributed by atoms with van der Waals surface area (Å²) in [4.78, 5) is 29.6. The Labute approximate surface area is 236 Å². The lowest BCUT2D eigenvalue weighted by Crippen LogP contribution is -2.23. The third kappa shape index (κ3) is 5.15. The van der Waals surface area contributed by atoms with Crippen molar-refractivity contribution in [2.45, 2.75) is 20.0 Å². The zero-order valence-electron chi connectivity index (χ0n) is 21.8. The first kappa shape index (κ1) is 26.9. The molecule has 0 aliphatic rings. The van der Waals surface area contributed by atoms with Crippen LogP contribution in [-0.2, 0) is 4.79 Å². The Hall–Kier alpha value is -4.64. The highest BCUT2D eigenvalue weighted by Crippen LogP contribution is 2.37. The summed E-state index contributed by atoms with van der Waals surface area (Å²) >= 11 is 3.44. The van der Waals surface area contributed by atoms with Gasteiger partial charge in [-0.1, -0.05) is 18.2 Å². The number of hydrogen-bond donors (Lipinski definition) is 1. The number of benzene rings is 3. The summed E-state index contributed by atoms with van der Waals surface area (Å²) in [5, 5.41) is 14.9. The lowest BCUT2D eigenvalue weighted by Gasteiger charge is -2.17. The zero-order chi connectivity index (χ0) is 28.4. The number of nitrogens with zero attached hydrogens (tertiary/aromatic N) is 3. The van der Waals surface area contributed by atoms with Crippen LogP contribution in [0.2, 0.25) is 0 Å². The minimum Gasteiger partial charge on any atom is -0.496 e.